The number of aryl methyl sites for hydroxylation is 1. The van der Waals surface area contributed by atoms with Crippen molar-refractivity contribution in [2.75, 3.05) is 7.11 Å². The van der Waals surface area contributed by atoms with Crippen LogP contribution < -0.4 is 4.74 Å². The Bertz CT molecular complexity index is 710. The third-order valence-corrected chi connectivity index (χ3v) is 6.04. The Labute approximate surface area is 131 Å². The molecule has 0 amide bonds. The predicted molar refractivity (Wildman–Crippen MR) is 87.8 cm³/mol. The molecule has 0 saturated carbocycles. The van der Waals surface area contributed by atoms with E-state index in [0.29, 0.717) is 11.7 Å². The Morgan fingerprint density at radius 1 is 1.27 bits per heavy atom. The Kier molecular flexibility index (Phi) is 3.04. The maximum Gasteiger partial charge on any atom is 0.162 e. The van der Waals surface area contributed by atoms with E-state index in [1.165, 1.54) is 22.3 Å². The molecule has 22 heavy (non-hydrogen) atoms. The van der Waals surface area contributed by atoms with Crippen molar-refractivity contribution in [2.24, 2.45) is 11.3 Å². The van der Waals surface area contributed by atoms with Crippen molar-refractivity contribution in [3.63, 3.8) is 0 Å². The molecule has 3 aliphatic carbocycles. The molecule has 0 aliphatic heterocycles. The van der Waals surface area contributed by atoms with Gasteiger partial charge in [-0.3, -0.25) is 4.79 Å². The van der Waals surface area contributed by atoms with Crippen LogP contribution in [0, 0.1) is 11.3 Å². The van der Waals surface area contributed by atoms with Crippen molar-refractivity contribution in [3.05, 3.63) is 47.1 Å². The van der Waals surface area contributed by atoms with Gasteiger partial charge in [-0.1, -0.05) is 24.6 Å². The number of hydrogen-bond acceptors (Lipinski definition) is 2. The van der Waals surface area contributed by atoms with Gasteiger partial charge in [0, 0.05) is 11.3 Å². The van der Waals surface area contributed by atoms with Gasteiger partial charge in [-0.25, -0.2) is 0 Å². The summed E-state index contributed by atoms with van der Waals surface area (Å²) in [4.78, 5) is 12.4. The Balaban J connectivity index is 1.82. The van der Waals surface area contributed by atoms with E-state index in [4.69, 9.17) is 4.74 Å². The van der Waals surface area contributed by atoms with Crippen LogP contribution in [0.5, 0.6) is 5.75 Å². The maximum atomic E-state index is 12.4. The van der Waals surface area contributed by atoms with Crippen LogP contribution in [0.15, 0.2) is 35.9 Å². The number of carbonyl (C=O) groups is 1. The van der Waals surface area contributed by atoms with Crippen LogP contribution in [-0.4, -0.2) is 12.9 Å². The minimum atomic E-state index is -0.136. The maximum absolute atomic E-state index is 12.4. The molecule has 0 saturated heterocycles. The van der Waals surface area contributed by atoms with Gasteiger partial charge in [0.15, 0.2) is 5.78 Å². The normalized spacial score (nSPS) is 29.2. The molecule has 0 spiro atoms. The van der Waals surface area contributed by atoms with Crippen LogP contribution in [0.3, 0.4) is 0 Å². The third-order valence-electron chi connectivity index (χ3n) is 6.04. The summed E-state index contributed by atoms with van der Waals surface area (Å²) in [5.74, 6) is 1.63. The minimum Gasteiger partial charge on any atom is -0.497 e. The van der Waals surface area contributed by atoms with Crippen molar-refractivity contribution >= 4 is 11.4 Å². The van der Waals surface area contributed by atoms with E-state index in [2.05, 4.69) is 31.2 Å². The number of hydrogen-bond donors (Lipinski definition) is 0. The topological polar surface area (TPSA) is 26.3 Å². The van der Waals surface area contributed by atoms with Crippen molar-refractivity contribution in [2.45, 2.75) is 39.0 Å². The first-order valence-corrected chi connectivity index (χ1v) is 8.31. The number of allylic oxidation sites excluding steroid dienone is 4. The van der Waals surface area contributed by atoms with Crippen LogP contribution in [0.1, 0.15) is 43.7 Å². The van der Waals surface area contributed by atoms with Gasteiger partial charge in [-0.05, 0) is 67.0 Å². The van der Waals surface area contributed by atoms with E-state index in [0.717, 1.165) is 37.9 Å². The van der Waals surface area contributed by atoms with Crippen molar-refractivity contribution in [3.8, 4) is 5.75 Å². The van der Waals surface area contributed by atoms with Crippen LogP contribution in [0.25, 0.3) is 5.57 Å². The average molecular weight is 294 g/mol. The number of rotatable bonds is 2. The molecular formula is C20H22O2. The molecule has 0 heterocycles. The van der Waals surface area contributed by atoms with Crippen LogP contribution in [-0.2, 0) is 11.2 Å². The zero-order valence-corrected chi connectivity index (χ0v) is 13.3. The molecule has 0 aromatic heterocycles. The van der Waals surface area contributed by atoms with E-state index in [1.807, 2.05) is 6.08 Å². The quantitative estimate of drug-likeness (QED) is 0.811. The molecule has 2 nitrogen and oxygen atoms in total. The molecule has 4 rings (SSSR count). The molecule has 0 radical (unpaired) electrons. The van der Waals surface area contributed by atoms with E-state index < -0.39 is 0 Å². The van der Waals surface area contributed by atoms with Crippen molar-refractivity contribution in [1.82, 2.24) is 0 Å². The second kappa shape index (κ2) is 4.84. The van der Waals surface area contributed by atoms with Gasteiger partial charge in [0.25, 0.3) is 0 Å². The number of ketones is 1. The van der Waals surface area contributed by atoms with E-state index >= 15 is 0 Å². The first kappa shape index (κ1) is 13.8. The fourth-order valence-corrected chi connectivity index (χ4v) is 4.76. The molecule has 114 valence electrons. The molecule has 0 bridgehead atoms. The number of fused-ring (bicyclic) bond motifs is 4. The minimum absolute atomic E-state index is 0.136. The van der Waals surface area contributed by atoms with Gasteiger partial charge < -0.3 is 4.74 Å². The SMILES string of the molecule is CC[C@]12CCC3=C(CCc4cc(OC)ccc43)[C@H]1C=CC2=O. The van der Waals surface area contributed by atoms with Crippen molar-refractivity contribution in [1.29, 1.82) is 0 Å². The molecular weight excluding hydrogens is 272 g/mol. The summed E-state index contributed by atoms with van der Waals surface area (Å²) in [6.07, 6.45) is 9.14. The highest BCUT2D eigenvalue weighted by Gasteiger charge is 2.49. The number of benzene rings is 1. The monoisotopic (exact) mass is 294 g/mol. The molecule has 2 atom stereocenters. The first-order chi connectivity index (χ1) is 10.7. The average Bonchev–Trinajstić information content (AvgIpc) is 2.91. The van der Waals surface area contributed by atoms with Gasteiger partial charge in [0.05, 0.1) is 7.11 Å². The summed E-state index contributed by atoms with van der Waals surface area (Å²) >= 11 is 0. The number of methoxy groups -OCH3 is 1. The summed E-state index contributed by atoms with van der Waals surface area (Å²) in [6, 6.07) is 6.45. The lowest BCUT2D eigenvalue weighted by molar-refractivity contribution is -0.124. The molecule has 0 fully saturated rings. The van der Waals surface area contributed by atoms with Crippen LogP contribution in [0.4, 0.5) is 0 Å². The largest absolute Gasteiger partial charge is 0.497 e. The zero-order chi connectivity index (χ0) is 15.3. The van der Waals surface area contributed by atoms with Crippen LogP contribution in [0.2, 0.25) is 0 Å². The highest BCUT2D eigenvalue weighted by atomic mass is 16.5. The second-order valence-electron chi connectivity index (χ2n) is 6.74. The molecule has 3 aliphatic rings. The first-order valence-electron chi connectivity index (χ1n) is 8.31. The molecule has 0 N–H and O–H groups in total. The lowest BCUT2D eigenvalue weighted by atomic mass is 9.60. The van der Waals surface area contributed by atoms with Gasteiger partial charge in [-0.15, -0.1) is 0 Å². The summed E-state index contributed by atoms with van der Waals surface area (Å²) in [7, 11) is 1.72. The lowest BCUT2D eigenvalue weighted by Gasteiger charge is -2.42. The Hall–Kier alpha value is -1.83. The van der Waals surface area contributed by atoms with E-state index in [9.17, 15) is 4.79 Å². The molecule has 0 unspecified atom stereocenters. The highest BCUT2D eigenvalue weighted by Crippen LogP contribution is 2.55. The number of ether oxygens (including phenoxy) is 1. The van der Waals surface area contributed by atoms with Gasteiger partial charge in [-0.2, -0.15) is 0 Å². The Morgan fingerprint density at radius 2 is 2.14 bits per heavy atom. The standard InChI is InChI=1S/C20H22O2/c1-3-20-11-10-16-15-7-5-14(22-2)12-13(15)4-6-17(16)18(20)8-9-19(20)21/h5,7-9,12,18H,3-4,6,10-11H2,1-2H3/t18-,20+/m1/s1. The van der Waals surface area contributed by atoms with E-state index in [-0.39, 0.29) is 5.41 Å². The second-order valence-corrected chi connectivity index (χ2v) is 6.74. The summed E-state index contributed by atoms with van der Waals surface area (Å²) in [5.41, 5.74) is 5.67. The van der Waals surface area contributed by atoms with E-state index in [1.54, 1.807) is 7.11 Å². The summed E-state index contributed by atoms with van der Waals surface area (Å²) in [6.45, 7) is 2.17. The summed E-state index contributed by atoms with van der Waals surface area (Å²) in [5, 5.41) is 0. The van der Waals surface area contributed by atoms with Crippen LogP contribution >= 0.6 is 0 Å². The van der Waals surface area contributed by atoms with Crippen molar-refractivity contribution < 1.29 is 9.53 Å². The smallest absolute Gasteiger partial charge is 0.162 e. The summed E-state index contributed by atoms with van der Waals surface area (Å²) < 4.78 is 5.36. The zero-order valence-electron chi connectivity index (χ0n) is 13.3. The highest BCUT2D eigenvalue weighted by molar-refractivity contribution is 5.99. The van der Waals surface area contributed by atoms with Gasteiger partial charge in [0.1, 0.15) is 5.75 Å². The molecule has 1 aromatic carbocycles. The molecule has 1 aromatic rings. The van der Waals surface area contributed by atoms with Gasteiger partial charge >= 0.3 is 0 Å². The number of carbonyl (C=O) groups excluding carboxylic acids is 1. The fraction of sp³-hybridized carbons (Fsp3) is 0.450. The third kappa shape index (κ3) is 1.70. The molecule has 2 heteroatoms. The lowest BCUT2D eigenvalue weighted by Crippen LogP contribution is -2.37. The predicted octanol–water partition coefficient (Wildman–Crippen LogP) is 4.34. The fourth-order valence-electron chi connectivity index (χ4n) is 4.76. The Morgan fingerprint density at radius 3 is 2.91 bits per heavy atom. The van der Waals surface area contributed by atoms with Gasteiger partial charge in [0.2, 0.25) is 0 Å².